The number of aromatic nitrogens is 4. The summed E-state index contributed by atoms with van der Waals surface area (Å²) < 4.78 is 5.43. The summed E-state index contributed by atoms with van der Waals surface area (Å²) in [7, 11) is 0. The molecule has 0 saturated carbocycles. The van der Waals surface area contributed by atoms with Crippen molar-refractivity contribution in [3.05, 3.63) is 48.2 Å². The second-order valence-electron chi connectivity index (χ2n) is 6.26. The van der Waals surface area contributed by atoms with Crippen LogP contribution in [0.15, 0.2) is 36.8 Å². The zero-order valence-corrected chi connectivity index (χ0v) is 14.5. The van der Waals surface area contributed by atoms with E-state index in [0.717, 1.165) is 66.0 Å². The van der Waals surface area contributed by atoms with Crippen LogP contribution in [0, 0.1) is 13.8 Å². The molecule has 0 bridgehead atoms. The molecule has 128 valence electrons. The molecule has 3 aromatic rings. The van der Waals surface area contributed by atoms with Crippen LogP contribution in [0.4, 0.5) is 5.69 Å². The van der Waals surface area contributed by atoms with E-state index < -0.39 is 0 Å². The number of aromatic amines is 1. The first-order chi connectivity index (χ1) is 12.2. The van der Waals surface area contributed by atoms with Crippen LogP contribution in [0.2, 0.25) is 0 Å². The zero-order valence-electron chi connectivity index (χ0n) is 14.5. The summed E-state index contributed by atoms with van der Waals surface area (Å²) in [5, 5.41) is 0. The maximum Gasteiger partial charge on any atom is 0.156 e. The fraction of sp³-hybridized carbons (Fsp3) is 0.316. The van der Waals surface area contributed by atoms with Gasteiger partial charge in [0.05, 0.1) is 30.8 Å². The molecule has 4 heterocycles. The number of rotatable bonds is 3. The molecule has 0 unspecified atom stereocenters. The first kappa shape index (κ1) is 15.8. The molecule has 0 aromatic carbocycles. The van der Waals surface area contributed by atoms with Gasteiger partial charge in [0, 0.05) is 36.7 Å². The van der Waals surface area contributed by atoms with Crippen molar-refractivity contribution < 1.29 is 4.74 Å². The van der Waals surface area contributed by atoms with Gasteiger partial charge < -0.3 is 14.6 Å². The first-order valence-corrected chi connectivity index (χ1v) is 8.48. The number of nitrogens with one attached hydrogen (secondary N) is 1. The Labute approximate surface area is 146 Å². The Morgan fingerprint density at radius 3 is 2.68 bits per heavy atom. The molecule has 6 heteroatoms. The summed E-state index contributed by atoms with van der Waals surface area (Å²) in [4.78, 5) is 19.0. The van der Waals surface area contributed by atoms with Crippen molar-refractivity contribution in [2.24, 2.45) is 0 Å². The smallest absolute Gasteiger partial charge is 0.156 e. The van der Waals surface area contributed by atoms with Gasteiger partial charge in [0.2, 0.25) is 0 Å². The Hall–Kier alpha value is -2.73. The van der Waals surface area contributed by atoms with Crippen LogP contribution >= 0.6 is 0 Å². The van der Waals surface area contributed by atoms with Crippen LogP contribution < -0.4 is 4.90 Å². The van der Waals surface area contributed by atoms with Crippen LogP contribution in [-0.2, 0) is 4.74 Å². The van der Waals surface area contributed by atoms with E-state index in [0.29, 0.717) is 0 Å². The number of pyridine rings is 2. The number of aryl methyl sites for hydroxylation is 2. The molecule has 1 aliphatic heterocycles. The molecule has 1 aliphatic rings. The van der Waals surface area contributed by atoms with Crippen molar-refractivity contribution >= 4 is 5.69 Å². The van der Waals surface area contributed by atoms with Gasteiger partial charge in [0.25, 0.3) is 0 Å². The number of anilines is 1. The summed E-state index contributed by atoms with van der Waals surface area (Å²) >= 11 is 0. The molecule has 6 nitrogen and oxygen atoms in total. The van der Waals surface area contributed by atoms with Gasteiger partial charge in [-0.25, -0.2) is 4.98 Å². The van der Waals surface area contributed by atoms with Crippen molar-refractivity contribution in [2.75, 3.05) is 31.2 Å². The standard InChI is InChI=1S/C19H21N5O/c1-13-14(2)23-19(22-13)18-10-15(3-4-21-18)16-9-17(12-20-11-16)24-5-7-25-8-6-24/h3-4,9-12H,5-8H2,1-2H3,(H,22,23). The minimum atomic E-state index is 0.765. The molecule has 1 fully saturated rings. The number of imidazole rings is 1. The summed E-state index contributed by atoms with van der Waals surface area (Å²) in [6.07, 6.45) is 5.62. The van der Waals surface area contributed by atoms with E-state index in [9.17, 15) is 0 Å². The highest BCUT2D eigenvalue weighted by atomic mass is 16.5. The second-order valence-corrected chi connectivity index (χ2v) is 6.26. The monoisotopic (exact) mass is 335 g/mol. The summed E-state index contributed by atoms with van der Waals surface area (Å²) in [5.41, 5.74) is 6.19. The highest BCUT2D eigenvalue weighted by Crippen LogP contribution is 2.26. The van der Waals surface area contributed by atoms with E-state index in [-0.39, 0.29) is 0 Å². The Kier molecular flexibility index (Phi) is 4.19. The van der Waals surface area contributed by atoms with Gasteiger partial charge in [0.1, 0.15) is 5.69 Å². The lowest BCUT2D eigenvalue weighted by Gasteiger charge is -2.28. The minimum absolute atomic E-state index is 0.765. The van der Waals surface area contributed by atoms with E-state index in [1.807, 2.05) is 38.5 Å². The summed E-state index contributed by atoms with van der Waals surface area (Å²) in [6, 6.07) is 6.24. The molecule has 0 spiro atoms. The molecule has 4 rings (SSSR count). The van der Waals surface area contributed by atoms with E-state index >= 15 is 0 Å². The third-order valence-corrected chi connectivity index (χ3v) is 4.56. The Balaban J connectivity index is 1.66. The molecule has 0 atom stereocenters. The number of ether oxygens (including phenoxy) is 1. The highest BCUT2D eigenvalue weighted by molar-refractivity contribution is 5.70. The number of morpholine rings is 1. The fourth-order valence-electron chi connectivity index (χ4n) is 2.99. The van der Waals surface area contributed by atoms with Crippen LogP contribution in [0.3, 0.4) is 0 Å². The van der Waals surface area contributed by atoms with Crippen LogP contribution in [-0.4, -0.2) is 46.2 Å². The number of hydrogen-bond acceptors (Lipinski definition) is 5. The number of hydrogen-bond donors (Lipinski definition) is 1. The van der Waals surface area contributed by atoms with E-state index in [1.165, 1.54) is 0 Å². The first-order valence-electron chi connectivity index (χ1n) is 8.48. The van der Waals surface area contributed by atoms with Crippen LogP contribution in [0.5, 0.6) is 0 Å². The minimum Gasteiger partial charge on any atom is -0.378 e. The Morgan fingerprint density at radius 2 is 1.92 bits per heavy atom. The van der Waals surface area contributed by atoms with Crippen molar-refractivity contribution in [3.63, 3.8) is 0 Å². The lowest BCUT2D eigenvalue weighted by molar-refractivity contribution is 0.122. The maximum absolute atomic E-state index is 5.43. The summed E-state index contributed by atoms with van der Waals surface area (Å²) in [5.74, 6) is 0.800. The van der Waals surface area contributed by atoms with E-state index in [1.54, 1.807) is 0 Å². The lowest BCUT2D eigenvalue weighted by atomic mass is 10.1. The SMILES string of the molecule is Cc1nc(-c2cc(-c3cncc(N4CCOCC4)c3)ccn2)[nH]c1C. The van der Waals surface area contributed by atoms with Crippen molar-refractivity contribution in [1.82, 2.24) is 19.9 Å². The predicted molar refractivity (Wildman–Crippen MR) is 97.6 cm³/mol. The van der Waals surface area contributed by atoms with Crippen LogP contribution in [0.25, 0.3) is 22.6 Å². The number of H-pyrrole nitrogens is 1. The predicted octanol–water partition coefficient (Wildman–Crippen LogP) is 2.99. The quantitative estimate of drug-likeness (QED) is 0.797. The van der Waals surface area contributed by atoms with Crippen LogP contribution in [0.1, 0.15) is 11.4 Å². The van der Waals surface area contributed by atoms with Crippen molar-refractivity contribution in [1.29, 1.82) is 0 Å². The van der Waals surface area contributed by atoms with E-state index in [4.69, 9.17) is 4.74 Å². The third kappa shape index (κ3) is 3.25. The molecule has 0 radical (unpaired) electrons. The molecule has 1 saturated heterocycles. The third-order valence-electron chi connectivity index (χ3n) is 4.56. The lowest BCUT2D eigenvalue weighted by Crippen LogP contribution is -2.36. The average molecular weight is 335 g/mol. The van der Waals surface area contributed by atoms with Gasteiger partial charge >= 0.3 is 0 Å². The largest absolute Gasteiger partial charge is 0.378 e. The summed E-state index contributed by atoms with van der Waals surface area (Å²) in [6.45, 7) is 7.34. The van der Waals surface area contributed by atoms with Gasteiger partial charge in [-0.1, -0.05) is 0 Å². The molecular formula is C19H21N5O. The number of nitrogens with zero attached hydrogens (tertiary/aromatic N) is 4. The van der Waals surface area contributed by atoms with Gasteiger partial charge in [-0.2, -0.15) is 0 Å². The topological polar surface area (TPSA) is 66.9 Å². The molecule has 1 N–H and O–H groups in total. The maximum atomic E-state index is 5.43. The Bertz CT molecular complexity index is 864. The van der Waals surface area contributed by atoms with Gasteiger partial charge in [-0.3, -0.25) is 9.97 Å². The second kappa shape index (κ2) is 6.64. The van der Waals surface area contributed by atoms with Crippen molar-refractivity contribution in [3.8, 4) is 22.6 Å². The van der Waals surface area contributed by atoms with Gasteiger partial charge in [-0.15, -0.1) is 0 Å². The normalized spacial score (nSPS) is 14.7. The molecule has 25 heavy (non-hydrogen) atoms. The molecule has 3 aromatic heterocycles. The highest BCUT2D eigenvalue weighted by Gasteiger charge is 2.13. The van der Waals surface area contributed by atoms with Crippen molar-refractivity contribution in [2.45, 2.75) is 13.8 Å². The molecular weight excluding hydrogens is 314 g/mol. The molecule has 0 aliphatic carbocycles. The van der Waals surface area contributed by atoms with Gasteiger partial charge in [-0.05, 0) is 37.6 Å². The van der Waals surface area contributed by atoms with E-state index in [2.05, 4.69) is 37.0 Å². The zero-order chi connectivity index (χ0) is 17.2. The Morgan fingerprint density at radius 1 is 1.08 bits per heavy atom. The average Bonchev–Trinajstić information content (AvgIpc) is 3.01. The van der Waals surface area contributed by atoms with Gasteiger partial charge in [0.15, 0.2) is 5.82 Å². The fourth-order valence-corrected chi connectivity index (χ4v) is 2.99. The molecule has 0 amide bonds.